The first-order valence-corrected chi connectivity index (χ1v) is 9.43. The Morgan fingerprint density at radius 2 is 1.78 bits per heavy atom. The van der Waals surface area contributed by atoms with Crippen LogP contribution in [0.4, 0.5) is 0 Å². The summed E-state index contributed by atoms with van der Waals surface area (Å²) in [4.78, 5) is 4.69. The number of rotatable bonds is 13. The number of ether oxygens (including phenoxy) is 3. The van der Waals surface area contributed by atoms with Crippen molar-refractivity contribution in [1.29, 1.82) is 0 Å². The largest absolute Gasteiger partial charge is 0.491 e. The van der Waals surface area contributed by atoms with E-state index >= 15 is 0 Å². The molecule has 1 rings (SSSR count). The highest BCUT2D eigenvalue weighted by atomic mass is 127. The van der Waals surface area contributed by atoms with Crippen molar-refractivity contribution in [2.45, 2.75) is 39.7 Å². The molecule has 0 aromatic heterocycles. The predicted molar refractivity (Wildman–Crippen MR) is 123 cm³/mol. The van der Waals surface area contributed by atoms with Crippen LogP contribution in [0.3, 0.4) is 0 Å². The first-order valence-electron chi connectivity index (χ1n) is 9.43. The first-order chi connectivity index (χ1) is 12.7. The summed E-state index contributed by atoms with van der Waals surface area (Å²) in [6.45, 7) is 8.38. The second-order valence-electron chi connectivity index (χ2n) is 6.13. The van der Waals surface area contributed by atoms with Gasteiger partial charge in [0.05, 0.1) is 13.2 Å². The van der Waals surface area contributed by atoms with Crippen LogP contribution in [0.1, 0.15) is 37.3 Å². The molecule has 7 heteroatoms. The highest BCUT2D eigenvalue weighted by molar-refractivity contribution is 14.0. The summed E-state index contributed by atoms with van der Waals surface area (Å²) in [6, 6.07) is 6.22. The van der Waals surface area contributed by atoms with Crippen molar-refractivity contribution >= 4 is 29.9 Å². The minimum absolute atomic E-state index is 0. The van der Waals surface area contributed by atoms with Gasteiger partial charge in [-0.1, -0.05) is 12.1 Å². The number of aliphatic imine (C=N–C) groups is 1. The molecule has 0 saturated carbocycles. The Morgan fingerprint density at radius 3 is 2.48 bits per heavy atom. The molecule has 0 spiro atoms. The number of halogens is 1. The Bertz CT molecular complexity index is 527. The number of nitrogens with zero attached hydrogens (tertiary/aromatic N) is 1. The van der Waals surface area contributed by atoms with Crippen molar-refractivity contribution in [1.82, 2.24) is 10.6 Å². The predicted octanol–water partition coefficient (Wildman–Crippen LogP) is 3.51. The van der Waals surface area contributed by atoms with Gasteiger partial charge in [-0.15, -0.1) is 24.0 Å². The molecule has 6 nitrogen and oxygen atoms in total. The van der Waals surface area contributed by atoms with Crippen molar-refractivity contribution in [3.8, 4) is 5.75 Å². The first kappa shape index (κ1) is 25.9. The smallest absolute Gasteiger partial charge is 0.191 e. The molecular weight excluding hydrogens is 457 g/mol. The van der Waals surface area contributed by atoms with E-state index < -0.39 is 0 Å². The minimum atomic E-state index is 0. The van der Waals surface area contributed by atoms with Crippen LogP contribution in [-0.2, 0) is 16.0 Å². The zero-order chi connectivity index (χ0) is 19.0. The molecule has 0 bridgehead atoms. The number of guanidine groups is 1. The van der Waals surface area contributed by atoms with Gasteiger partial charge in [0.1, 0.15) is 12.4 Å². The van der Waals surface area contributed by atoms with E-state index in [2.05, 4.69) is 42.7 Å². The van der Waals surface area contributed by atoms with E-state index in [1.54, 1.807) is 14.2 Å². The standard InChI is InChI=1S/C20H35N3O3.HI/c1-5-21-20(22-11-7-6-8-12-24-3)23-16-18-10-9-17(2)15-19(18)26-14-13-25-4;/h9-10,15H,5-8,11-14,16H2,1-4H3,(H2,21,22,23);1H. The van der Waals surface area contributed by atoms with Crippen molar-refractivity contribution < 1.29 is 14.2 Å². The van der Waals surface area contributed by atoms with E-state index in [4.69, 9.17) is 19.2 Å². The number of aryl methyl sites for hydroxylation is 1. The molecule has 1 aromatic rings. The van der Waals surface area contributed by atoms with Crippen molar-refractivity contribution in [3.05, 3.63) is 29.3 Å². The number of nitrogens with one attached hydrogen (secondary N) is 2. The summed E-state index contributed by atoms with van der Waals surface area (Å²) >= 11 is 0. The second kappa shape index (κ2) is 17.1. The Kier molecular flexibility index (Phi) is 16.4. The number of hydrogen-bond acceptors (Lipinski definition) is 4. The third-order valence-corrected chi connectivity index (χ3v) is 3.84. The average molecular weight is 493 g/mol. The van der Waals surface area contributed by atoms with Crippen molar-refractivity contribution in [2.75, 3.05) is 47.1 Å². The molecule has 0 aliphatic carbocycles. The topological polar surface area (TPSA) is 64.1 Å². The molecule has 0 saturated heterocycles. The van der Waals surface area contributed by atoms with Gasteiger partial charge in [-0.2, -0.15) is 0 Å². The maximum Gasteiger partial charge on any atom is 0.191 e. The third-order valence-electron chi connectivity index (χ3n) is 3.84. The molecule has 0 unspecified atom stereocenters. The van der Waals surface area contributed by atoms with Crippen LogP contribution in [0.25, 0.3) is 0 Å². The van der Waals surface area contributed by atoms with Crippen LogP contribution < -0.4 is 15.4 Å². The van der Waals surface area contributed by atoms with Gasteiger partial charge in [0.25, 0.3) is 0 Å². The Balaban J connectivity index is 0.00000676. The summed E-state index contributed by atoms with van der Waals surface area (Å²) < 4.78 is 16.0. The highest BCUT2D eigenvalue weighted by Crippen LogP contribution is 2.21. The third kappa shape index (κ3) is 12.1. The quantitative estimate of drug-likeness (QED) is 0.191. The van der Waals surface area contributed by atoms with E-state index in [-0.39, 0.29) is 24.0 Å². The SMILES string of the molecule is CCNC(=NCc1ccc(C)cc1OCCOC)NCCCCCOC.I. The Morgan fingerprint density at radius 1 is 1.00 bits per heavy atom. The molecule has 0 radical (unpaired) electrons. The lowest BCUT2D eigenvalue weighted by atomic mass is 10.1. The molecule has 0 amide bonds. The van der Waals surface area contributed by atoms with Crippen LogP contribution in [0.2, 0.25) is 0 Å². The lowest BCUT2D eigenvalue weighted by Crippen LogP contribution is -2.37. The monoisotopic (exact) mass is 493 g/mol. The van der Waals surface area contributed by atoms with Crippen LogP contribution in [-0.4, -0.2) is 53.1 Å². The van der Waals surface area contributed by atoms with Gasteiger partial charge in [-0.05, 0) is 44.7 Å². The summed E-state index contributed by atoms with van der Waals surface area (Å²) in [5.41, 5.74) is 2.25. The maximum absolute atomic E-state index is 5.84. The molecule has 0 heterocycles. The van der Waals surface area contributed by atoms with Gasteiger partial charge in [-0.25, -0.2) is 4.99 Å². The Labute approximate surface area is 181 Å². The molecule has 156 valence electrons. The molecule has 1 aromatic carbocycles. The lowest BCUT2D eigenvalue weighted by molar-refractivity contribution is 0.145. The molecule has 2 N–H and O–H groups in total. The number of methoxy groups -OCH3 is 2. The summed E-state index contributed by atoms with van der Waals surface area (Å²) in [6.07, 6.45) is 3.34. The fourth-order valence-corrected chi connectivity index (χ4v) is 2.42. The van der Waals surface area contributed by atoms with Crippen LogP contribution >= 0.6 is 24.0 Å². The highest BCUT2D eigenvalue weighted by Gasteiger charge is 2.05. The fourth-order valence-electron chi connectivity index (χ4n) is 2.42. The van der Waals surface area contributed by atoms with Gasteiger partial charge in [0, 0.05) is 39.5 Å². The van der Waals surface area contributed by atoms with E-state index in [0.29, 0.717) is 19.8 Å². The fraction of sp³-hybridized carbons (Fsp3) is 0.650. The van der Waals surface area contributed by atoms with E-state index in [1.165, 1.54) is 5.56 Å². The molecule has 27 heavy (non-hydrogen) atoms. The summed E-state index contributed by atoms with van der Waals surface area (Å²) in [7, 11) is 3.42. The van der Waals surface area contributed by atoms with Crippen LogP contribution in [0, 0.1) is 6.92 Å². The van der Waals surface area contributed by atoms with Crippen LogP contribution in [0.15, 0.2) is 23.2 Å². The van der Waals surface area contributed by atoms with Gasteiger partial charge < -0.3 is 24.8 Å². The van der Waals surface area contributed by atoms with Gasteiger partial charge in [0.15, 0.2) is 5.96 Å². The van der Waals surface area contributed by atoms with Gasteiger partial charge in [-0.3, -0.25) is 0 Å². The lowest BCUT2D eigenvalue weighted by Gasteiger charge is -2.13. The Hall–Kier alpha value is -1.06. The van der Waals surface area contributed by atoms with Gasteiger partial charge in [0.2, 0.25) is 0 Å². The number of unbranched alkanes of at least 4 members (excludes halogenated alkanes) is 2. The summed E-state index contributed by atoms with van der Waals surface area (Å²) in [5, 5.41) is 6.68. The van der Waals surface area contributed by atoms with Crippen LogP contribution in [0.5, 0.6) is 5.75 Å². The van der Waals surface area contributed by atoms with Gasteiger partial charge >= 0.3 is 0 Å². The second-order valence-corrected chi connectivity index (χ2v) is 6.13. The molecule has 0 fully saturated rings. The molecular formula is C20H36IN3O3. The van der Waals surface area contributed by atoms with E-state index in [0.717, 1.165) is 56.2 Å². The zero-order valence-electron chi connectivity index (χ0n) is 17.2. The molecule has 0 aliphatic heterocycles. The number of hydrogen-bond donors (Lipinski definition) is 2. The average Bonchev–Trinajstić information content (AvgIpc) is 2.63. The van der Waals surface area contributed by atoms with Crippen molar-refractivity contribution in [2.24, 2.45) is 4.99 Å². The minimum Gasteiger partial charge on any atom is -0.491 e. The normalized spacial score (nSPS) is 11.0. The molecule has 0 aliphatic rings. The zero-order valence-corrected chi connectivity index (χ0v) is 19.5. The van der Waals surface area contributed by atoms with Crippen molar-refractivity contribution in [3.63, 3.8) is 0 Å². The maximum atomic E-state index is 5.84. The molecule has 0 atom stereocenters. The summed E-state index contributed by atoms with van der Waals surface area (Å²) in [5.74, 6) is 1.71. The van der Waals surface area contributed by atoms with E-state index in [1.807, 2.05) is 0 Å². The van der Waals surface area contributed by atoms with E-state index in [9.17, 15) is 0 Å². The number of benzene rings is 1.